The van der Waals surface area contributed by atoms with Gasteiger partial charge in [0.1, 0.15) is 0 Å². The molecule has 35 heavy (non-hydrogen) atoms. The molecule has 2 bridgehead atoms. The predicted octanol–water partition coefficient (Wildman–Crippen LogP) is 5.04. The van der Waals surface area contributed by atoms with Crippen molar-refractivity contribution in [2.45, 2.75) is 90.7 Å². The Balaban J connectivity index is 1.14. The molecule has 194 valence electrons. The zero-order valence-electron chi connectivity index (χ0n) is 21.6. The van der Waals surface area contributed by atoms with Crippen molar-refractivity contribution < 1.29 is 28.8 Å². The van der Waals surface area contributed by atoms with Crippen molar-refractivity contribution in [2.75, 3.05) is 18.5 Å². The molecule has 2 N–H and O–H groups in total. The molecule has 1 aromatic rings. The van der Waals surface area contributed by atoms with E-state index in [1.165, 1.54) is 6.42 Å². The largest absolute Gasteiger partial charge is 0.352 e. The number of ether oxygens (including phenoxy) is 3. The number of hydrogen-bond acceptors (Lipinski definition) is 6. The average molecular weight is 489 g/mol. The highest BCUT2D eigenvalue weighted by Gasteiger charge is 2.69. The normalized spacial score (nSPS) is 40.0. The number of carbonyl (C=O) groups excluding carboxylic acids is 1. The van der Waals surface area contributed by atoms with Gasteiger partial charge in [-0.1, -0.05) is 26.0 Å². The molecular formula is C27H40N2O6. The number of fused-ring (bicyclic) bond motifs is 2. The molecule has 5 fully saturated rings. The molecule has 8 atom stereocenters. The third kappa shape index (κ3) is 4.60. The van der Waals surface area contributed by atoms with Crippen molar-refractivity contribution in [3.05, 3.63) is 29.3 Å². The van der Waals surface area contributed by atoms with E-state index in [9.17, 15) is 4.79 Å². The lowest BCUT2D eigenvalue weighted by molar-refractivity contribution is -0.577. The second-order valence-electron chi connectivity index (χ2n) is 11.2. The van der Waals surface area contributed by atoms with Gasteiger partial charge in [0.15, 0.2) is 18.2 Å². The zero-order chi connectivity index (χ0) is 24.8. The summed E-state index contributed by atoms with van der Waals surface area (Å²) in [5.74, 6) is 0.498. The first-order valence-electron chi connectivity index (χ1n) is 13.2. The quantitative estimate of drug-likeness (QED) is 0.431. The Morgan fingerprint density at radius 2 is 1.97 bits per heavy atom. The summed E-state index contributed by atoms with van der Waals surface area (Å²) in [5, 5.41) is 5.84. The molecular weight excluding hydrogens is 448 g/mol. The van der Waals surface area contributed by atoms with Crippen molar-refractivity contribution in [3.8, 4) is 0 Å². The first kappa shape index (κ1) is 25.0. The van der Waals surface area contributed by atoms with Crippen molar-refractivity contribution >= 4 is 11.7 Å². The maximum absolute atomic E-state index is 12.3. The molecule has 0 aromatic heterocycles. The van der Waals surface area contributed by atoms with Crippen molar-refractivity contribution in [3.63, 3.8) is 0 Å². The van der Waals surface area contributed by atoms with Crippen molar-refractivity contribution in [1.82, 2.24) is 5.32 Å². The fourth-order valence-electron chi connectivity index (χ4n) is 6.57. The molecule has 5 aliphatic rings. The minimum absolute atomic E-state index is 0.149. The SMILES string of the molecule is Cc1ccc(C)c(NC(=O)NCCCO[C@@H]2O[C@@H]3O[C@]4(C)CC[C@H]5[C@H](C)CC[C@@H]([C@H]2C)[C@@]35OO4)c1. The standard InChI is InChI=1S/C27H40N2O6/c1-16-7-8-18(3)22(15-16)29-25(30)28-13-6-14-31-23-19(4)21-10-9-17(2)20-11-12-26(5)33-24(32-23)27(20,21)35-34-26/h7-8,15,17,19-21,23-24H,6,9-14H2,1-5H3,(H2,28,29,30)/t17-,19-,20+,21+,23-,24-,26+,27-/m1/s1. The number of aryl methyl sites for hydroxylation is 2. The second-order valence-corrected chi connectivity index (χ2v) is 11.2. The van der Waals surface area contributed by atoms with Crippen LogP contribution in [0.3, 0.4) is 0 Å². The number of amides is 2. The molecule has 1 spiro atoms. The smallest absolute Gasteiger partial charge is 0.319 e. The third-order valence-electron chi connectivity index (χ3n) is 8.63. The van der Waals surface area contributed by atoms with Crippen LogP contribution in [0.1, 0.15) is 64.0 Å². The predicted molar refractivity (Wildman–Crippen MR) is 130 cm³/mol. The van der Waals surface area contributed by atoms with Crippen LogP contribution in [0.2, 0.25) is 0 Å². The Morgan fingerprint density at radius 1 is 1.14 bits per heavy atom. The van der Waals surface area contributed by atoms with Gasteiger partial charge in [0, 0.05) is 30.5 Å². The molecule has 1 aliphatic carbocycles. The monoisotopic (exact) mass is 488 g/mol. The summed E-state index contributed by atoms with van der Waals surface area (Å²) in [6.07, 6.45) is 3.84. The van der Waals surface area contributed by atoms with Crippen LogP contribution >= 0.6 is 0 Å². The maximum Gasteiger partial charge on any atom is 0.319 e. The molecule has 8 heteroatoms. The van der Waals surface area contributed by atoms with E-state index in [0.717, 1.165) is 36.1 Å². The lowest BCUT2D eigenvalue weighted by Crippen LogP contribution is -2.70. The first-order valence-corrected chi connectivity index (χ1v) is 13.2. The Hall–Kier alpha value is -1.71. The summed E-state index contributed by atoms with van der Waals surface area (Å²) in [7, 11) is 0. The lowest BCUT2D eigenvalue weighted by Gasteiger charge is -2.60. The van der Waals surface area contributed by atoms with Crippen LogP contribution in [-0.4, -0.2) is 43.2 Å². The highest BCUT2D eigenvalue weighted by atomic mass is 17.3. The number of carbonyl (C=O) groups is 1. The van der Waals surface area contributed by atoms with Crippen molar-refractivity contribution in [2.24, 2.45) is 23.7 Å². The number of anilines is 1. The molecule has 1 saturated carbocycles. The maximum atomic E-state index is 12.3. The molecule has 2 amide bonds. The minimum atomic E-state index is -0.782. The van der Waals surface area contributed by atoms with E-state index < -0.39 is 17.7 Å². The summed E-state index contributed by atoms with van der Waals surface area (Å²) >= 11 is 0. The van der Waals surface area contributed by atoms with Gasteiger partial charge >= 0.3 is 6.03 Å². The Bertz CT molecular complexity index is 942. The Labute approximate surface area is 208 Å². The van der Waals surface area contributed by atoms with Crippen LogP contribution in [0.4, 0.5) is 10.5 Å². The number of benzene rings is 1. The topological polar surface area (TPSA) is 87.3 Å². The van der Waals surface area contributed by atoms with Gasteiger partial charge < -0.3 is 24.8 Å². The van der Waals surface area contributed by atoms with Gasteiger partial charge in [0.25, 0.3) is 0 Å². The van der Waals surface area contributed by atoms with Crippen LogP contribution in [0.5, 0.6) is 0 Å². The van der Waals surface area contributed by atoms with Gasteiger partial charge in [0.05, 0.1) is 6.61 Å². The average Bonchev–Trinajstić information content (AvgIpc) is 3.05. The number of hydrogen-bond donors (Lipinski definition) is 2. The van der Waals surface area contributed by atoms with Crippen LogP contribution in [0, 0.1) is 37.5 Å². The molecule has 6 rings (SSSR count). The molecule has 0 unspecified atom stereocenters. The third-order valence-corrected chi connectivity index (χ3v) is 8.63. The van der Waals surface area contributed by atoms with Gasteiger partial charge in [-0.15, -0.1) is 0 Å². The minimum Gasteiger partial charge on any atom is -0.352 e. The molecule has 1 aromatic carbocycles. The van der Waals surface area contributed by atoms with Crippen LogP contribution in [-0.2, 0) is 24.0 Å². The van der Waals surface area contributed by atoms with Gasteiger partial charge in [-0.25, -0.2) is 14.6 Å². The second kappa shape index (κ2) is 9.63. The summed E-state index contributed by atoms with van der Waals surface area (Å²) < 4.78 is 19.0. The highest BCUT2D eigenvalue weighted by Crippen LogP contribution is 2.60. The molecule has 4 aliphatic heterocycles. The van der Waals surface area contributed by atoms with Gasteiger partial charge in [0.2, 0.25) is 5.79 Å². The molecule has 4 heterocycles. The molecule has 0 radical (unpaired) electrons. The number of urea groups is 1. The molecule has 8 nitrogen and oxygen atoms in total. The summed E-state index contributed by atoms with van der Waals surface area (Å²) in [5.41, 5.74) is 2.40. The van der Waals surface area contributed by atoms with E-state index in [4.69, 9.17) is 24.0 Å². The van der Waals surface area contributed by atoms with E-state index in [2.05, 4.69) is 24.5 Å². The van der Waals surface area contributed by atoms with Crippen LogP contribution in [0.25, 0.3) is 0 Å². The summed E-state index contributed by atoms with van der Waals surface area (Å²) in [4.78, 5) is 24.3. The van der Waals surface area contributed by atoms with E-state index in [1.54, 1.807) is 0 Å². The molecule has 4 saturated heterocycles. The highest BCUT2D eigenvalue weighted by molar-refractivity contribution is 5.90. The van der Waals surface area contributed by atoms with Crippen LogP contribution in [0.15, 0.2) is 18.2 Å². The summed E-state index contributed by atoms with van der Waals surface area (Å²) in [6.45, 7) is 11.4. The first-order chi connectivity index (χ1) is 16.7. The van der Waals surface area contributed by atoms with Gasteiger partial charge in [-0.3, -0.25) is 0 Å². The van der Waals surface area contributed by atoms with E-state index in [0.29, 0.717) is 31.4 Å². The Morgan fingerprint density at radius 3 is 2.80 bits per heavy atom. The Kier molecular flexibility index (Phi) is 6.87. The van der Waals surface area contributed by atoms with E-state index >= 15 is 0 Å². The number of nitrogens with one attached hydrogen (secondary N) is 2. The fourth-order valence-corrected chi connectivity index (χ4v) is 6.57. The van der Waals surface area contributed by atoms with Gasteiger partial charge in [-0.2, -0.15) is 0 Å². The fraction of sp³-hybridized carbons (Fsp3) is 0.741. The summed E-state index contributed by atoms with van der Waals surface area (Å²) in [6, 6.07) is 5.80. The zero-order valence-corrected chi connectivity index (χ0v) is 21.6. The van der Waals surface area contributed by atoms with Gasteiger partial charge in [-0.05, 0) is 75.5 Å². The lowest BCUT2D eigenvalue weighted by atomic mass is 9.58. The van der Waals surface area contributed by atoms with E-state index in [1.807, 2.05) is 39.0 Å². The van der Waals surface area contributed by atoms with E-state index in [-0.39, 0.29) is 24.2 Å². The van der Waals surface area contributed by atoms with Crippen LogP contribution < -0.4 is 10.6 Å². The van der Waals surface area contributed by atoms with Crippen molar-refractivity contribution in [1.29, 1.82) is 0 Å². The number of rotatable bonds is 6.